The van der Waals surface area contributed by atoms with Gasteiger partial charge in [-0.1, -0.05) is 25.0 Å². The summed E-state index contributed by atoms with van der Waals surface area (Å²) in [5.74, 6) is 0.516. The van der Waals surface area contributed by atoms with Crippen molar-refractivity contribution in [2.45, 2.75) is 89.7 Å². The number of carbonyl (C=O) groups is 3. The van der Waals surface area contributed by atoms with Crippen LogP contribution in [0.2, 0.25) is 0 Å². The van der Waals surface area contributed by atoms with E-state index < -0.39 is 5.60 Å². The molecule has 1 saturated heterocycles. The second-order valence-electron chi connectivity index (χ2n) is 10.7. The zero-order valence-electron chi connectivity index (χ0n) is 22.6. The SMILES string of the molecule is CNC(=O)CCC(C=O)Nc1ccc(C2CCN(CCCCCCNC(=O)OC(C)(C)C)CC2)cc1. The van der Waals surface area contributed by atoms with Gasteiger partial charge in [-0.25, -0.2) is 4.79 Å². The minimum absolute atomic E-state index is 0.0575. The van der Waals surface area contributed by atoms with Crippen molar-refractivity contribution in [2.75, 3.05) is 38.5 Å². The van der Waals surface area contributed by atoms with Crippen LogP contribution in [0.1, 0.15) is 83.6 Å². The number of hydrogen-bond acceptors (Lipinski definition) is 6. The molecule has 8 heteroatoms. The number of nitrogens with zero attached hydrogens (tertiary/aromatic N) is 1. The maximum atomic E-state index is 11.6. The molecule has 1 heterocycles. The largest absolute Gasteiger partial charge is 0.444 e. The predicted molar refractivity (Wildman–Crippen MR) is 144 cm³/mol. The van der Waals surface area contributed by atoms with Gasteiger partial charge in [-0.2, -0.15) is 0 Å². The fourth-order valence-electron chi connectivity index (χ4n) is 4.46. The Morgan fingerprint density at radius 3 is 2.36 bits per heavy atom. The van der Waals surface area contributed by atoms with Crippen molar-refractivity contribution in [3.8, 4) is 0 Å². The van der Waals surface area contributed by atoms with Crippen molar-refractivity contribution in [3.05, 3.63) is 29.8 Å². The van der Waals surface area contributed by atoms with Gasteiger partial charge >= 0.3 is 6.09 Å². The van der Waals surface area contributed by atoms with Crippen LogP contribution < -0.4 is 16.0 Å². The highest BCUT2D eigenvalue weighted by Crippen LogP contribution is 2.29. The summed E-state index contributed by atoms with van der Waals surface area (Å²) in [4.78, 5) is 37.0. The Balaban J connectivity index is 1.59. The number of aldehydes is 1. The van der Waals surface area contributed by atoms with E-state index in [0.29, 0.717) is 25.3 Å². The quantitative estimate of drug-likeness (QED) is 0.257. The van der Waals surface area contributed by atoms with Gasteiger partial charge < -0.3 is 30.4 Å². The number of amides is 2. The van der Waals surface area contributed by atoms with Crippen LogP contribution in [0.3, 0.4) is 0 Å². The van der Waals surface area contributed by atoms with Crippen LogP contribution in [0.25, 0.3) is 0 Å². The molecule has 36 heavy (non-hydrogen) atoms. The van der Waals surface area contributed by atoms with Gasteiger partial charge in [0.25, 0.3) is 0 Å². The molecular formula is C28H46N4O4. The molecule has 8 nitrogen and oxygen atoms in total. The average Bonchev–Trinajstić information content (AvgIpc) is 2.85. The number of anilines is 1. The van der Waals surface area contributed by atoms with E-state index in [9.17, 15) is 14.4 Å². The van der Waals surface area contributed by atoms with E-state index >= 15 is 0 Å². The summed E-state index contributed by atoms with van der Waals surface area (Å²) in [6, 6.07) is 8.03. The predicted octanol–water partition coefficient (Wildman–Crippen LogP) is 4.46. The number of likely N-dealkylation sites (tertiary alicyclic amines) is 1. The Labute approximate surface area is 216 Å². The van der Waals surface area contributed by atoms with Gasteiger partial charge in [0.2, 0.25) is 5.91 Å². The number of piperidine rings is 1. The van der Waals surface area contributed by atoms with Crippen LogP contribution in [-0.4, -0.2) is 68.1 Å². The number of hydrogen-bond donors (Lipinski definition) is 3. The molecule has 1 fully saturated rings. The lowest BCUT2D eigenvalue weighted by molar-refractivity contribution is -0.120. The Bertz CT molecular complexity index is 799. The molecule has 0 saturated carbocycles. The fraction of sp³-hybridized carbons (Fsp3) is 0.679. The average molecular weight is 503 g/mol. The second kappa shape index (κ2) is 15.5. The Hall–Kier alpha value is -2.61. The van der Waals surface area contributed by atoms with E-state index in [1.54, 1.807) is 7.05 Å². The molecule has 2 amide bonds. The van der Waals surface area contributed by atoms with Gasteiger partial charge in [-0.05, 0) is 96.1 Å². The molecule has 2 rings (SSSR count). The number of carbonyl (C=O) groups excluding carboxylic acids is 3. The molecule has 1 atom stereocenters. The van der Waals surface area contributed by atoms with Crippen molar-refractivity contribution in [1.82, 2.24) is 15.5 Å². The molecule has 3 N–H and O–H groups in total. The van der Waals surface area contributed by atoms with Crippen molar-refractivity contribution in [3.63, 3.8) is 0 Å². The van der Waals surface area contributed by atoms with Gasteiger partial charge in [-0.15, -0.1) is 0 Å². The number of nitrogens with one attached hydrogen (secondary N) is 3. The molecule has 202 valence electrons. The van der Waals surface area contributed by atoms with E-state index in [0.717, 1.165) is 57.3 Å². The summed E-state index contributed by atoms with van der Waals surface area (Å²) < 4.78 is 5.25. The van der Waals surface area contributed by atoms with Crippen LogP contribution in [0.5, 0.6) is 0 Å². The van der Waals surface area contributed by atoms with E-state index in [-0.39, 0.29) is 18.0 Å². The summed E-state index contributed by atoms with van der Waals surface area (Å²) in [5, 5.41) is 8.62. The monoisotopic (exact) mass is 502 g/mol. The normalized spacial score (nSPS) is 15.7. The molecule has 1 aromatic carbocycles. The third-order valence-electron chi connectivity index (χ3n) is 6.52. The van der Waals surface area contributed by atoms with Crippen molar-refractivity contribution in [1.29, 1.82) is 0 Å². The van der Waals surface area contributed by atoms with Gasteiger partial charge in [0, 0.05) is 25.7 Å². The van der Waals surface area contributed by atoms with Crippen LogP contribution in [0.15, 0.2) is 24.3 Å². The number of rotatable bonds is 14. The second-order valence-corrected chi connectivity index (χ2v) is 10.7. The number of benzene rings is 1. The first-order valence-corrected chi connectivity index (χ1v) is 13.4. The maximum Gasteiger partial charge on any atom is 0.407 e. The first kappa shape index (κ1) is 29.6. The molecule has 0 aliphatic carbocycles. The van der Waals surface area contributed by atoms with Gasteiger partial charge in [-0.3, -0.25) is 4.79 Å². The highest BCUT2D eigenvalue weighted by Gasteiger charge is 2.20. The summed E-state index contributed by atoms with van der Waals surface area (Å²) >= 11 is 0. The summed E-state index contributed by atoms with van der Waals surface area (Å²) in [7, 11) is 1.60. The number of alkyl carbamates (subject to hydrolysis) is 1. The Morgan fingerprint density at radius 2 is 1.75 bits per heavy atom. The van der Waals surface area contributed by atoms with E-state index in [4.69, 9.17) is 4.74 Å². The lowest BCUT2D eigenvalue weighted by atomic mass is 9.89. The highest BCUT2D eigenvalue weighted by molar-refractivity contribution is 5.76. The summed E-state index contributed by atoms with van der Waals surface area (Å²) in [6.07, 6.45) is 8.13. The van der Waals surface area contributed by atoms with Crippen LogP contribution in [0.4, 0.5) is 10.5 Å². The smallest absolute Gasteiger partial charge is 0.407 e. The van der Waals surface area contributed by atoms with Crippen LogP contribution in [0, 0.1) is 0 Å². The number of ether oxygens (including phenoxy) is 1. The van der Waals surface area contributed by atoms with E-state index in [1.165, 1.54) is 18.4 Å². The third-order valence-corrected chi connectivity index (χ3v) is 6.52. The van der Waals surface area contributed by atoms with Gasteiger partial charge in [0.1, 0.15) is 11.9 Å². The Kier molecular flexibility index (Phi) is 12.7. The summed E-state index contributed by atoms with van der Waals surface area (Å²) in [6.45, 7) is 9.66. The summed E-state index contributed by atoms with van der Waals surface area (Å²) in [5.41, 5.74) is 1.81. The van der Waals surface area contributed by atoms with Crippen molar-refractivity contribution < 1.29 is 19.1 Å². The maximum absolute atomic E-state index is 11.6. The Morgan fingerprint density at radius 1 is 1.08 bits per heavy atom. The van der Waals surface area contributed by atoms with Crippen molar-refractivity contribution >= 4 is 24.0 Å². The van der Waals surface area contributed by atoms with Gasteiger partial charge in [0.05, 0.1) is 6.04 Å². The molecule has 1 aliphatic rings. The molecule has 1 unspecified atom stereocenters. The van der Waals surface area contributed by atoms with E-state index in [2.05, 4.69) is 33.0 Å². The topological polar surface area (TPSA) is 99.8 Å². The molecule has 0 aromatic heterocycles. The van der Waals surface area contributed by atoms with Crippen LogP contribution in [-0.2, 0) is 14.3 Å². The minimum atomic E-state index is -0.450. The minimum Gasteiger partial charge on any atom is -0.444 e. The first-order chi connectivity index (χ1) is 17.2. The van der Waals surface area contributed by atoms with Gasteiger partial charge in [0.15, 0.2) is 0 Å². The lowest BCUT2D eigenvalue weighted by Gasteiger charge is -2.32. The first-order valence-electron chi connectivity index (χ1n) is 13.4. The molecule has 1 aliphatic heterocycles. The number of unbranched alkanes of at least 4 members (excludes halogenated alkanes) is 3. The van der Waals surface area contributed by atoms with Crippen molar-refractivity contribution in [2.24, 2.45) is 0 Å². The zero-order chi connectivity index (χ0) is 26.4. The standard InChI is InChI=1S/C28H46N4O4/c1-28(2,3)36-27(35)30-17-7-5-6-8-18-32-19-15-23(16-20-32)22-9-11-24(12-10-22)31-25(21-33)13-14-26(34)29-4/h9-12,21,23,25,31H,5-8,13-20H2,1-4H3,(H,29,34)(H,30,35). The molecule has 0 bridgehead atoms. The highest BCUT2D eigenvalue weighted by atomic mass is 16.6. The third kappa shape index (κ3) is 11.9. The lowest BCUT2D eigenvalue weighted by Crippen LogP contribution is -2.33. The molecule has 0 spiro atoms. The molecule has 1 aromatic rings. The fourth-order valence-corrected chi connectivity index (χ4v) is 4.46. The van der Waals surface area contributed by atoms with Crippen LogP contribution >= 0.6 is 0 Å². The molecular weight excluding hydrogens is 456 g/mol. The van der Waals surface area contributed by atoms with E-state index in [1.807, 2.05) is 32.9 Å². The molecule has 0 radical (unpaired) electrons. The zero-order valence-corrected chi connectivity index (χ0v) is 22.6.